The van der Waals surface area contributed by atoms with E-state index in [1.54, 1.807) is 18.2 Å². The molecular weight excluding hydrogens is 413 g/mol. The quantitative estimate of drug-likeness (QED) is 0.447. The predicted molar refractivity (Wildman–Crippen MR) is 117 cm³/mol. The molecule has 0 aliphatic heterocycles. The van der Waals surface area contributed by atoms with Crippen molar-refractivity contribution in [1.29, 1.82) is 0 Å². The van der Waals surface area contributed by atoms with Crippen molar-refractivity contribution in [3.05, 3.63) is 78.1 Å². The second kappa shape index (κ2) is 9.30. The van der Waals surface area contributed by atoms with E-state index in [-0.39, 0.29) is 18.3 Å². The molecule has 0 unspecified atom stereocenters. The summed E-state index contributed by atoms with van der Waals surface area (Å²) < 4.78 is 29.4. The van der Waals surface area contributed by atoms with E-state index in [1.807, 2.05) is 31.2 Å². The van der Waals surface area contributed by atoms with Crippen molar-refractivity contribution in [1.82, 2.24) is 10.1 Å². The van der Waals surface area contributed by atoms with Gasteiger partial charge in [0.15, 0.2) is 18.1 Å². The number of aryl methyl sites for hydroxylation is 1. The third-order valence-electron chi connectivity index (χ3n) is 4.71. The lowest BCUT2D eigenvalue weighted by molar-refractivity contribution is -0.118. The number of methoxy groups -OCH3 is 1. The molecule has 8 heteroatoms. The first-order valence-electron chi connectivity index (χ1n) is 9.80. The standard InChI is InChI=1S/C24H20FN3O4/c1-15-5-3-4-6-19(15)24-27-23(28-32-24)16-7-12-20(21(13-16)30-2)31-14-22(29)26-18-10-8-17(25)9-11-18/h3-13H,14H2,1-2H3,(H,26,29). The highest BCUT2D eigenvalue weighted by Crippen LogP contribution is 2.32. The molecule has 0 aliphatic rings. The zero-order chi connectivity index (χ0) is 22.5. The van der Waals surface area contributed by atoms with Crippen molar-refractivity contribution in [3.8, 4) is 34.3 Å². The number of ether oxygens (including phenoxy) is 2. The largest absolute Gasteiger partial charge is 0.493 e. The molecule has 7 nitrogen and oxygen atoms in total. The number of benzene rings is 3. The number of rotatable bonds is 7. The maximum Gasteiger partial charge on any atom is 0.262 e. The van der Waals surface area contributed by atoms with Crippen LogP contribution in [0.2, 0.25) is 0 Å². The summed E-state index contributed by atoms with van der Waals surface area (Å²) in [5.74, 6) is 0.866. The van der Waals surface area contributed by atoms with Crippen LogP contribution in [0, 0.1) is 12.7 Å². The predicted octanol–water partition coefficient (Wildman–Crippen LogP) is 4.88. The number of carbonyl (C=O) groups excluding carboxylic acids is 1. The average Bonchev–Trinajstić information content (AvgIpc) is 3.29. The number of aromatic nitrogens is 2. The number of hydrogen-bond acceptors (Lipinski definition) is 6. The topological polar surface area (TPSA) is 86.5 Å². The molecule has 1 aromatic heterocycles. The number of hydrogen-bond donors (Lipinski definition) is 1. The summed E-state index contributed by atoms with van der Waals surface area (Å²) in [7, 11) is 1.50. The molecule has 4 aromatic rings. The van der Waals surface area contributed by atoms with E-state index in [4.69, 9.17) is 14.0 Å². The Morgan fingerprint density at radius 2 is 1.84 bits per heavy atom. The summed E-state index contributed by atoms with van der Waals surface area (Å²) in [5.41, 5.74) is 3.05. The smallest absolute Gasteiger partial charge is 0.262 e. The number of nitrogens with zero attached hydrogens (tertiary/aromatic N) is 2. The van der Waals surface area contributed by atoms with Crippen LogP contribution in [-0.2, 0) is 4.79 Å². The SMILES string of the molecule is COc1cc(-c2noc(-c3ccccc3C)n2)ccc1OCC(=O)Nc1ccc(F)cc1. The van der Waals surface area contributed by atoms with Crippen molar-refractivity contribution in [3.63, 3.8) is 0 Å². The molecule has 1 amide bonds. The fourth-order valence-corrected chi connectivity index (χ4v) is 3.06. The molecular formula is C24H20FN3O4. The first kappa shape index (κ1) is 21.0. The normalized spacial score (nSPS) is 10.6. The van der Waals surface area contributed by atoms with Crippen molar-refractivity contribution in [2.75, 3.05) is 19.0 Å². The van der Waals surface area contributed by atoms with Gasteiger partial charge in [0.05, 0.1) is 7.11 Å². The zero-order valence-corrected chi connectivity index (χ0v) is 17.5. The lowest BCUT2D eigenvalue weighted by Crippen LogP contribution is -2.20. The van der Waals surface area contributed by atoms with E-state index >= 15 is 0 Å². The van der Waals surface area contributed by atoms with Crippen LogP contribution in [0.15, 0.2) is 71.3 Å². The minimum atomic E-state index is -0.385. The summed E-state index contributed by atoms with van der Waals surface area (Å²) in [5, 5.41) is 6.70. The van der Waals surface area contributed by atoms with Crippen LogP contribution in [0.25, 0.3) is 22.8 Å². The summed E-state index contributed by atoms with van der Waals surface area (Å²) in [6, 6.07) is 18.3. The van der Waals surface area contributed by atoms with Gasteiger partial charge in [-0.15, -0.1) is 0 Å². The van der Waals surface area contributed by atoms with Gasteiger partial charge in [0, 0.05) is 16.8 Å². The Kier molecular flexibility index (Phi) is 6.12. The molecule has 0 saturated heterocycles. The van der Waals surface area contributed by atoms with Gasteiger partial charge < -0.3 is 19.3 Å². The Bertz CT molecular complexity index is 1240. The number of anilines is 1. The average molecular weight is 433 g/mol. The van der Waals surface area contributed by atoms with Gasteiger partial charge in [0.25, 0.3) is 11.8 Å². The molecule has 0 fully saturated rings. The lowest BCUT2D eigenvalue weighted by Gasteiger charge is -2.11. The zero-order valence-electron chi connectivity index (χ0n) is 17.5. The van der Waals surface area contributed by atoms with E-state index in [2.05, 4.69) is 15.5 Å². The summed E-state index contributed by atoms with van der Waals surface area (Å²) in [4.78, 5) is 16.6. The van der Waals surface area contributed by atoms with Crippen molar-refractivity contribution < 1.29 is 23.2 Å². The Balaban J connectivity index is 1.45. The molecule has 162 valence electrons. The van der Waals surface area contributed by atoms with E-state index in [0.717, 1.165) is 11.1 Å². The fraction of sp³-hybridized carbons (Fsp3) is 0.125. The summed E-state index contributed by atoms with van der Waals surface area (Å²) in [6.07, 6.45) is 0. The summed E-state index contributed by atoms with van der Waals surface area (Å²) >= 11 is 0. The monoisotopic (exact) mass is 433 g/mol. The van der Waals surface area contributed by atoms with Crippen molar-refractivity contribution in [2.24, 2.45) is 0 Å². The van der Waals surface area contributed by atoms with Crippen LogP contribution in [0.5, 0.6) is 11.5 Å². The molecule has 1 N–H and O–H groups in total. The van der Waals surface area contributed by atoms with Gasteiger partial charge in [-0.1, -0.05) is 23.4 Å². The Morgan fingerprint density at radius 1 is 1.06 bits per heavy atom. The van der Waals surface area contributed by atoms with Crippen LogP contribution < -0.4 is 14.8 Å². The molecule has 0 spiro atoms. The van der Waals surface area contributed by atoms with Gasteiger partial charge in [-0.2, -0.15) is 4.98 Å². The molecule has 0 saturated carbocycles. The molecule has 1 heterocycles. The number of amides is 1. The third kappa shape index (κ3) is 4.75. The highest BCUT2D eigenvalue weighted by molar-refractivity contribution is 5.91. The maximum atomic E-state index is 13.0. The van der Waals surface area contributed by atoms with E-state index in [0.29, 0.717) is 34.5 Å². The van der Waals surface area contributed by atoms with Gasteiger partial charge in [-0.05, 0) is 61.0 Å². The first-order valence-corrected chi connectivity index (χ1v) is 9.80. The highest BCUT2D eigenvalue weighted by atomic mass is 19.1. The minimum Gasteiger partial charge on any atom is -0.493 e. The molecule has 0 radical (unpaired) electrons. The number of nitrogens with one attached hydrogen (secondary N) is 1. The lowest BCUT2D eigenvalue weighted by atomic mass is 10.1. The Labute approximate surface area is 183 Å². The van der Waals surface area contributed by atoms with E-state index in [1.165, 1.54) is 31.4 Å². The second-order valence-electron chi connectivity index (χ2n) is 6.95. The van der Waals surface area contributed by atoms with Crippen LogP contribution in [0.1, 0.15) is 5.56 Å². The van der Waals surface area contributed by atoms with Crippen molar-refractivity contribution in [2.45, 2.75) is 6.92 Å². The minimum absolute atomic E-state index is 0.243. The molecule has 3 aromatic carbocycles. The number of halogens is 1. The fourth-order valence-electron chi connectivity index (χ4n) is 3.06. The first-order chi connectivity index (χ1) is 15.5. The van der Waals surface area contributed by atoms with Crippen LogP contribution >= 0.6 is 0 Å². The second-order valence-corrected chi connectivity index (χ2v) is 6.95. The van der Waals surface area contributed by atoms with E-state index < -0.39 is 0 Å². The van der Waals surface area contributed by atoms with Gasteiger partial charge in [-0.3, -0.25) is 4.79 Å². The highest BCUT2D eigenvalue weighted by Gasteiger charge is 2.15. The van der Waals surface area contributed by atoms with Crippen LogP contribution in [0.3, 0.4) is 0 Å². The van der Waals surface area contributed by atoms with Gasteiger partial charge in [0.1, 0.15) is 5.82 Å². The van der Waals surface area contributed by atoms with Gasteiger partial charge in [-0.25, -0.2) is 4.39 Å². The van der Waals surface area contributed by atoms with E-state index in [9.17, 15) is 9.18 Å². The molecule has 4 rings (SSSR count). The Hall–Kier alpha value is -4.20. The third-order valence-corrected chi connectivity index (χ3v) is 4.71. The molecule has 0 atom stereocenters. The molecule has 0 aliphatic carbocycles. The van der Waals surface area contributed by atoms with Crippen molar-refractivity contribution >= 4 is 11.6 Å². The van der Waals surface area contributed by atoms with Crippen LogP contribution in [0.4, 0.5) is 10.1 Å². The molecule has 32 heavy (non-hydrogen) atoms. The van der Waals surface area contributed by atoms with Gasteiger partial charge >= 0.3 is 0 Å². The summed E-state index contributed by atoms with van der Waals surface area (Å²) in [6.45, 7) is 1.73. The number of carbonyl (C=O) groups is 1. The Morgan fingerprint density at radius 3 is 2.59 bits per heavy atom. The van der Waals surface area contributed by atoms with Gasteiger partial charge in [0.2, 0.25) is 5.82 Å². The maximum absolute atomic E-state index is 13.0. The van der Waals surface area contributed by atoms with Crippen LogP contribution in [-0.4, -0.2) is 29.8 Å². The molecule has 0 bridgehead atoms.